The van der Waals surface area contributed by atoms with E-state index >= 15 is 0 Å². The lowest BCUT2D eigenvalue weighted by Gasteiger charge is -2.35. The van der Waals surface area contributed by atoms with Gasteiger partial charge in [0.15, 0.2) is 0 Å². The van der Waals surface area contributed by atoms with Gasteiger partial charge in [0.2, 0.25) is 0 Å². The Bertz CT molecular complexity index is 595. The molecule has 2 N–H and O–H groups in total. The normalized spacial score (nSPS) is 24.8. The highest BCUT2D eigenvalue weighted by Gasteiger charge is 2.31. The van der Waals surface area contributed by atoms with Crippen LogP contribution in [0, 0.1) is 0 Å². The predicted octanol–water partition coefficient (Wildman–Crippen LogP) is 3.76. The van der Waals surface area contributed by atoms with Crippen molar-refractivity contribution in [2.45, 2.75) is 44.1 Å². The van der Waals surface area contributed by atoms with Crippen molar-refractivity contribution < 1.29 is 0 Å². The van der Waals surface area contributed by atoms with Crippen LogP contribution in [0.15, 0.2) is 36.7 Å². The summed E-state index contributed by atoms with van der Waals surface area (Å²) >= 11 is 0. The van der Waals surface area contributed by atoms with Gasteiger partial charge < -0.3 is 15.2 Å². The van der Waals surface area contributed by atoms with E-state index in [0.29, 0.717) is 12.0 Å². The van der Waals surface area contributed by atoms with Crippen molar-refractivity contribution in [2.75, 3.05) is 23.3 Å². The van der Waals surface area contributed by atoms with Gasteiger partial charge in [-0.2, -0.15) is 0 Å². The van der Waals surface area contributed by atoms with Gasteiger partial charge in [-0.25, -0.2) is 4.98 Å². The second-order valence-corrected chi connectivity index (χ2v) is 6.58. The summed E-state index contributed by atoms with van der Waals surface area (Å²) in [5.74, 6) is 1.73. The van der Waals surface area contributed by atoms with E-state index in [1.54, 1.807) is 0 Å². The molecule has 1 aliphatic carbocycles. The molecule has 2 aliphatic rings. The van der Waals surface area contributed by atoms with E-state index in [-0.39, 0.29) is 0 Å². The minimum absolute atomic E-state index is 0.576. The van der Waals surface area contributed by atoms with Crippen LogP contribution in [0.4, 0.5) is 11.4 Å². The molecule has 4 nitrogen and oxygen atoms in total. The van der Waals surface area contributed by atoms with Crippen molar-refractivity contribution in [3.05, 3.63) is 42.5 Å². The van der Waals surface area contributed by atoms with E-state index in [1.165, 1.54) is 56.6 Å². The summed E-state index contributed by atoms with van der Waals surface area (Å²) in [6, 6.07) is 9.49. The molecule has 0 spiro atoms. The molecule has 1 aliphatic heterocycles. The van der Waals surface area contributed by atoms with Crippen molar-refractivity contribution in [3.63, 3.8) is 0 Å². The zero-order valence-electron chi connectivity index (χ0n) is 13.0. The average molecular weight is 296 g/mol. The third-order valence-corrected chi connectivity index (χ3v) is 4.98. The van der Waals surface area contributed by atoms with Crippen LogP contribution < -0.4 is 10.2 Å². The van der Waals surface area contributed by atoms with Crippen LogP contribution in [0.25, 0.3) is 0 Å². The fourth-order valence-electron chi connectivity index (χ4n) is 3.64. The number of aromatic amines is 1. The summed E-state index contributed by atoms with van der Waals surface area (Å²) in [4.78, 5) is 10.1. The van der Waals surface area contributed by atoms with Gasteiger partial charge in [0.1, 0.15) is 5.82 Å². The SMILES string of the molecule is c1cc(NC2CC(c3ncc[nH]3)C2)cc(N2CCCCC2)c1. The van der Waals surface area contributed by atoms with Crippen LogP contribution in [0.1, 0.15) is 43.8 Å². The van der Waals surface area contributed by atoms with Gasteiger partial charge in [-0.15, -0.1) is 0 Å². The van der Waals surface area contributed by atoms with Gasteiger partial charge in [0.25, 0.3) is 0 Å². The lowest BCUT2D eigenvalue weighted by Crippen LogP contribution is -2.34. The number of aromatic nitrogens is 2. The topological polar surface area (TPSA) is 44.0 Å². The molecule has 0 bridgehead atoms. The van der Waals surface area contributed by atoms with Crippen molar-refractivity contribution in [2.24, 2.45) is 0 Å². The van der Waals surface area contributed by atoms with Gasteiger partial charge in [-0.3, -0.25) is 0 Å². The Balaban J connectivity index is 1.35. The first-order valence-electron chi connectivity index (χ1n) is 8.49. The molecule has 2 heterocycles. The fourth-order valence-corrected chi connectivity index (χ4v) is 3.64. The van der Waals surface area contributed by atoms with Crippen LogP contribution in [0.2, 0.25) is 0 Å². The van der Waals surface area contributed by atoms with E-state index in [9.17, 15) is 0 Å². The summed E-state index contributed by atoms with van der Waals surface area (Å²) in [6.45, 7) is 2.40. The lowest BCUT2D eigenvalue weighted by atomic mass is 9.79. The highest BCUT2D eigenvalue weighted by molar-refractivity contribution is 5.58. The minimum Gasteiger partial charge on any atom is -0.382 e. The van der Waals surface area contributed by atoms with Gasteiger partial charge in [-0.1, -0.05) is 6.07 Å². The lowest BCUT2D eigenvalue weighted by molar-refractivity contribution is 0.361. The number of imidazole rings is 1. The Morgan fingerprint density at radius 3 is 2.77 bits per heavy atom. The van der Waals surface area contributed by atoms with Gasteiger partial charge in [0.05, 0.1) is 0 Å². The second kappa shape index (κ2) is 6.03. The number of nitrogens with zero attached hydrogens (tertiary/aromatic N) is 2. The van der Waals surface area contributed by atoms with Crippen LogP contribution in [0.3, 0.4) is 0 Å². The molecule has 22 heavy (non-hydrogen) atoms. The van der Waals surface area contributed by atoms with Gasteiger partial charge >= 0.3 is 0 Å². The largest absolute Gasteiger partial charge is 0.382 e. The van der Waals surface area contributed by atoms with Crippen molar-refractivity contribution in [3.8, 4) is 0 Å². The van der Waals surface area contributed by atoms with Crippen LogP contribution >= 0.6 is 0 Å². The monoisotopic (exact) mass is 296 g/mol. The summed E-state index contributed by atoms with van der Waals surface area (Å²) in [6.07, 6.45) is 10.1. The number of piperidine rings is 1. The number of nitrogens with one attached hydrogen (secondary N) is 2. The first-order chi connectivity index (χ1) is 10.9. The Morgan fingerprint density at radius 1 is 1.14 bits per heavy atom. The number of hydrogen-bond donors (Lipinski definition) is 2. The molecule has 4 rings (SSSR count). The maximum Gasteiger partial charge on any atom is 0.109 e. The molecule has 0 unspecified atom stereocenters. The zero-order chi connectivity index (χ0) is 14.8. The molecule has 0 amide bonds. The average Bonchev–Trinajstić information content (AvgIpc) is 3.05. The van der Waals surface area contributed by atoms with E-state index < -0.39 is 0 Å². The molecule has 116 valence electrons. The molecule has 2 fully saturated rings. The van der Waals surface area contributed by atoms with Gasteiger partial charge in [-0.05, 0) is 50.3 Å². The summed E-state index contributed by atoms with van der Waals surface area (Å²) in [5.41, 5.74) is 2.62. The number of H-pyrrole nitrogens is 1. The van der Waals surface area contributed by atoms with Crippen LogP contribution in [-0.2, 0) is 0 Å². The third-order valence-electron chi connectivity index (χ3n) is 4.98. The molecule has 0 radical (unpaired) electrons. The van der Waals surface area contributed by atoms with Crippen molar-refractivity contribution in [1.29, 1.82) is 0 Å². The van der Waals surface area contributed by atoms with E-state index in [2.05, 4.69) is 44.5 Å². The number of anilines is 2. The Labute approximate surface area is 131 Å². The van der Waals surface area contributed by atoms with E-state index in [4.69, 9.17) is 0 Å². The number of benzene rings is 1. The molecule has 2 aromatic rings. The summed E-state index contributed by atoms with van der Waals surface area (Å²) in [5, 5.41) is 3.68. The molecule has 1 saturated heterocycles. The molecule has 0 atom stereocenters. The molecular weight excluding hydrogens is 272 g/mol. The summed E-state index contributed by atoms with van der Waals surface area (Å²) < 4.78 is 0. The minimum atomic E-state index is 0.576. The third kappa shape index (κ3) is 2.82. The zero-order valence-corrected chi connectivity index (χ0v) is 13.0. The van der Waals surface area contributed by atoms with E-state index in [1.807, 2.05) is 12.4 Å². The molecule has 1 aromatic heterocycles. The predicted molar refractivity (Wildman–Crippen MR) is 90.5 cm³/mol. The Morgan fingerprint density at radius 2 is 2.00 bits per heavy atom. The maximum absolute atomic E-state index is 4.37. The standard InChI is InChI=1S/C18H24N4/c1-2-9-22(10-3-1)17-6-4-5-15(13-17)21-16-11-14(12-16)18-19-7-8-20-18/h4-8,13-14,16,21H,1-3,9-12H2,(H,19,20). The summed E-state index contributed by atoms with van der Waals surface area (Å²) in [7, 11) is 0. The van der Waals surface area contributed by atoms with E-state index in [0.717, 1.165) is 5.82 Å². The molecule has 1 aromatic carbocycles. The Hall–Kier alpha value is -1.97. The molecule has 4 heteroatoms. The first-order valence-corrected chi connectivity index (χ1v) is 8.49. The smallest absolute Gasteiger partial charge is 0.109 e. The van der Waals surface area contributed by atoms with Crippen LogP contribution in [0.5, 0.6) is 0 Å². The fraction of sp³-hybridized carbons (Fsp3) is 0.500. The van der Waals surface area contributed by atoms with Crippen molar-refractivity contribution >= 4 is 11.4 Å². The highest BCUT2D eigenvalue weighted by Crippen LogP contribution is 2.37. The van der Waals surface area contributed by atoms with Gasteiger partial charge in [0, 0.05) is 48.8 Å². The maximum atomic E-state index is 4.37. The van der Waals surface area contributed by atoms with Crippen molar-refractivity contribution in [1.82, 2.24) is 9.97 Å². The Kier molecular flexibility index (Phi) is 3.75. The number of rotatable bonds is 4. The molecular formula is C18H24N4. The number of hydrogen-bond acceptors (Lipinski definition) is 3. The van der Waals surface area contributed by atoms with Crippen LogP contribution in [-0.4, -0.2) is 29.1 Å². The first kappa shape index (κ1) is 13.7. The molecule has 1 saturated carbocycles. The second-order valence-electron chi connectivity index (χ2n) is 6.58. The highest BCUT2D eigenvalue weighted by atomic mass is 15.1. The quantitative estimate of drug-likeness (QED) is 0.903.